The Morgan fingerprint density at radius 3 is 2.75 bits per heavy atom. The molecular formula is C12H17N5O3. The van der Waals surface area contributed by atoms with Crippen molar-refractivity contribution < 1.29 is 14.7 Å². The second kappa shape index (κ2) is 4.93. The van der Waals surface area contributed by atoms with Crippen molar-refractivity contribution in [2.75, 3.05) is 13.1 Å². The third-order valence-corrected chi connectivity index (χ3v) is 4.32. The Morgan fingerprint density at radius 1 is 1.35 bits per heavy atom. The standard InChI is InChI=1S/C12H17N5O3/c18-9(12(1-2-12)11-14-16-17-15-11)4-7-3-8(10(19)20)6-13-5-7/h7-8,13H,1-6H2,(H,19,20)(H,14,15,16,17)/t7-,8-/m1/s1. The van der Waals surface area contributed by atoms with Crippen LogP contribution in [0.5, 0.6) is 0 Å². The lowest BCUT2D eigenvalue weighted by molar-refractivity contribution is -0.143. The SMILES string of the molecule is O=C(O)[C@H]1CNC[C@@H](CC(=O)C2(c3nn[nH]n3)CC2)C1. The topological polar surface area (TPSA) is 121 Å². The minimum atomic E-state index is -0.797. The molecule has 1 saturated heterocycles. The van der Waals surface area contributed by atoms with Gasteiger partial charge < -0.3 is 10.4 Å². The van der Waals surface area contributed by atoms with Crippen LogP contribution in [-0.2, 0) is 15.0 Å². The summed E-state index contributed by atoms with van der Waals surface area (Å²) in [4.78, 5) is 23.5. The number of aromatic amines is 1. The summed E-state index contributed by atoms with van der Waals surface area (Å²) in [5, 5.41) is 25.9. The van der Waals surface area contributed by atoms with Crippen molar-refractivity contribution in [3.05, 3.63) is 5.82 Å². The molecule has 1 aromatic rings. The van der Waals surface area contributed by atoms with E-state index < -0.39 is 17.3 Å². The minimum absolute atomic E-state index is 0.0710. The molecule has 108 valence electrons. The molecule has 3 N–H and O–H groups in total. The summed E-state index contributed by atoms with van der Waals surface area (Å²) in [6.45, 7) is 1.17. The highest BCUT2D eigenvalue weighted by Crippen LogP contribution is 2.48. The number of H-pyrrole nitrogens is 1. The highest BCUT2D eigenvalue weighted by Gasteiger charge is 2.54. The lowest BCUT2D eigenvalue weighted by atomic mass is 9.84. The summed E-state index contributed by atoms with van der Waals surface area (Å²) in [6, 6.07) is 0. The van der Waals surface area contributed by atoms with E-state index in [0.29, 0.717) is 31.8 Å². The number of hydrogen-bond donors (Lipinski definition) is 3. The summed E-state index contributed by atoms with van der Waals surface area (Å²) in [5.74, 6) is -0.546. The summed E-state index contributed by atoms with van der Waals surface area (Å²) >= 11 is 0. The maximum absolute atomic E-state index is 12.5. The highest BCUT2D eigenvalue weighted by atomic mass is 16.4. The number of tetrazole rings is 1. The molecule has 2 heterocycles. The van der Waals surface area contributed by atoms with Gasteiger partial charge in [0, 0.05) is 13.0 Å². The monoisotopic (exact) mass is 279 g/mol. The number of nitrogens with one attached hydrogen (secondary N) is 2. The molecule has 0 aromatic carbocycles. The van der Waals surface area contributed by atoms with Gasteiger partial charge >= 0.3 is 5.97 Å². The van der Waals surface area contributed by atoms with E-state index >= 15 is 0 Å². The van der Waals surface area contributed by atoms with Crippen molar-refractivity contribution in [1.29, 1.82) is 0 Å². The van der Waals surface area contributed by atoms with E-state index in [1.54, 1.807) is 0 Å². The number of ketones is 1. The number of carboxylic acids is 1. The van der Waals surface area contributed by atoms with Crippen LogP contribution in [0.2, 0.25) is 0 Å². The number of hydrogen-bond acceptors (Lipinski definition) is 6. The van der Waals surface area contributed by atoms with E-state index in [9.17, 15) is 9.59 Å². The molecule has 2 aliphatic rings. The van der Waals surface area contributed by atoms with Gasteiger partial charge in [-0.1, -0.05) is 5.21 Å². The first kappa shape index (κ1) is 13.2. The van der Waals surface area contributed by atoms with E-state index in [-0.39, 0.29) is 11.7 Å². The predicted molar refractivity (Wildman–Crippen MR) is 66.8 cm³/mol. The molecule has 2 fully saturated rings. The molecule has 3 rings (SSSR count). The Kier molecular flexibility index (Phi) is 3.25. The van der Waals surface area contributed by atoms with Gasteiger partial charge in [0.2, 0.25) is 0 Å². The van der Waals surface area contributed by atoms with E-state index in [4.69, 9.17) is 5.11 Å². The second-order valence-corrected chi connectivity index (χ2v) is 5.74. The molecule has 8 heteroatoms. The van der Waals surface area contributed by atoms with Gasteiger partial charge in [-0.25, -0.2) is 0 Å². The van der Waals surface area contributed by atoms with E-state index in [1.165, 1.54) is 0 Å². The lowest BCUT2D eigenvalue weighted by Gasteiger charge is -2.27. The highest BCUT2D eigenvalue weighted by molar-refractivity contribution is 5.92. The zero-order chi connectivity index (χ0) is 14.2. The Hall–Kier alpha value is -1.83. The first-order valence-corrected chi connectivity index (χ1v) is 6.82. The van der Waals surface area contributed by atoms with Gasteiger partial charge in [-0.15, -0.1) is 10.2 Å². The van der Waals surface area contributed by atoms with Crippen molar-refractivity contribution in [3.63, 3.8) is 0 Å². The van der Waals surface area contributed by atoms with E-state index in [2.05, 4.69) is 25.9 Å². The number of rotatable bonds is 5. The first-order chi connectivity index (χ1) is 9.62. The molecule has 20 heavy (non-hydrogen) atoms. The summed E-state index contributed by atoms with van der Waals surface area (Å²) in [6.07, 6.45) is 2.45. The number of carboxylic acid groups (broad SMARTS) is 1. The average molecular weight is 279 g/mol. The van der Waals surface area contributed by atoms with Crippen LogP contribution < -0.4 is 5.32 Å². The van der Waals surface area contributed by atoms with Crippen LogP contribution in [0, 0.1) is 11.8 Å². The Balaban J connectivity index is 1.63. The Bertz CT molecular complexity index is 511. The molecule has 8 nitrogen and oxygen atoms in total. The van der Waals surface area contributed by atoms with Crippen molar-refractivity contribution in [1.82, 2.24) is 25.9 Å². The maximum Gasteiger partial charge on any atom is 0.307 e. The lowest BCUT2D eigenvalue weighted by Crippen LogP contribution is -2.41. The van der Waals surface area contributed by atoms with Crippen LogP contribution >= 0.6 is 0 Å². The molecule has 1 aliphatic heterocycles. The van der Waals surface area contributed by atoms with Gasteiger partial charge in [-0.2, -0.15) is 5.21 Å². The summed E-state index contributed by atoms with van der Waals surface area (Å²) in [5.41, 5.74) is -0.566. The fraction of sp³-hybridized carbons (Fsp3) is 0.750. The molecule has 0 bridgehead atoms. The number of aromatic nitrogens is 4. The van der Waals surface area contributed by atoms with Crippen LogP contribution in [0.15, 0.2) is 0 Å². The molecular weight excluding hydrogens is 262 g/mol. The third-order valence-electron chi connectivity index (χ3n) is 4.32. The molecule has 1 aliphatic carbocycles. The van der Waals surface area contributed by atoms with Gasteiger partial charge in [-0.05, 0) is 31.7 Å². The molecule has 0 spiro atoms. The number of piperidine rings is 1. The number of carbonyl (C=O) groups excluding carboxylic acids is 1. The average Bonchev–Trinajstić information content (AvgIpc) is 3.07. The van der Waals surface area contributed by atoms with Crippen molar-refractivity contribution in [2.24, 2.45) is 11.8 Å². The van der Waals surface area contributed by atoms with Crippen molar-refractivity contribution in [3.8, 4) is 0 Å². The Labute approximate surface area is 115 Å². The van der Waals surface area contributed by atoms with E-state index in [0.717, 1.165) is 12.8 Å². The van der Waals surface area contributed by atoms with Crippen molar-refractivity contribution >= 4 is 11.8 Å². The molecule has 2 atom stereocenters. The van der Waals surface area contributed by atoms with Crippen molar-refractivity contribution in [2.45, 2.75) is 31.1 Å². The number of aliphatic carboxylic acids is 1. The van der Waals surface area contributed by atoms with Gasteiger partial charge in [0.1, 0.15) is 5.78 Å². The quantitative estimate of drug-likeness (QED) is 0.664. The number of carbonyl (C=O) groups is 2. The fourth-order valence-corrected chi connectivity index (χ4v) is 2.95. The molecule has 0 unspecified atom stereocenters. The second-order valence-electron chi connectivity index (χ2n) is 5.74. The normalized spacial score (nSPS) is 28.0. The smallest absolute Gasteiger partial charge is 0.307 e. The zero-order valence-electron chi connectivity index (χ0n) is 11.0. The summed E-state index contributed by atoms with van der Waals surface area (Å²) in [7, 11) is 0. The third kappa shape index (κ3) is 2.31. The first-order valence-electron chi connectivity index (χ1n) is 6.82. The minimum Gasteiger partial charge on any atom is -0.481 e. The summed E-state index contributed by atoms with van der Waals surface area (Å²) < 4.78 is 0. The largest absolute Gasteiger partial charge is 0.481 e. The van der Waals surface area contributed by atoms with Gasteiger partial charge in [0.25, 0.3) is 0 Å². The zero-order valence-corrected chi connectivity index (χ0v) is 11.0. The predicted octanol–water partition coefficient (Wildman–Crippen LogP) is -0.499. The Morgan fingerprint density at radius 2 is 2.15 bits per heavy atom. The number of Topliss-reactive ketones (excluding diaryl/α,β-unsaturated/α-hetero) is 1. The van der Waals surface area contributed by atoms with Crippen LogP contribution in [-0.4, -0.2) is 50.6 Å². The molecule has 0 radical (unpaired) electrons. The maximum atomic E-state index is 12.5. The fourth-order valence-electron chi connectivity index (χ4n) is 2.95. The van der Waals surface area contributed by atoms with Crippen LogP contribution in [0.4, 0.5) is 0 Å². The van der Waals surface area contributed by atoms with E-state index in [1.807, 2.05) is 0 Å². The molecule has 1 saturated carbocycles. The van der Waals surface area contributed by atoms with Crippen LogP contribution in [0.1, 0.15) is 31.5 Å². The van der Waals surface area contributed by atoms with Gasteiger partial charge in [0.15, 0.2) is 5.82 Å². The van der Waals surface area contributed by atoms with Crippen LogP contribution in [0.25, 0.3) is 0 Å². The van der Waals surface area contributed by atoms with Crippen LogP contribution in [0.3, 0.4) is 0 Å². The molecule has 0 amide bonds. The number of nitrogens with zero attached hydrogens (tertiary/aromatic N) is 3. The molecule has 1 aromatic heterocycles. The van der Waals surface area contributed by atoms with Gasteiger partial charge in [-0.3, -0.25) is 9.59 Å². The van der Waals surface area contributed by atoms with Gasteiger partial charge in [0.05, 0.1) is 11.3 Å².